The fourth-order valence-corrected chi connectivity index (χ4v) is 3.33. The molecule has 1 N–H and O–H groups in total. The molecule has 0 aliphatic rings. The zero-order chi connectivity index (χ0) is 18.6. The minimum Gasteiger partial charge on any atom is -0.493 e. The van der Waals surface area contributed by atoms with Crippen LogP contribution in [-0.4, -0.2) is 33.2 Å². The van der Waals surface area contributed by atoms with Crippen molar-refractivity contribution in [3.63, 3.8) is 0 Å². The maximum Gasteiger partial charge on any atom is 0.348 e. The molecule has 130 valence electrons. The number of nitriles is 1. The average Bonchev–Trinajstić information content (AvgIpc) is 2.95. The lowest BCUT2D eigenvalue weighted by Gasteiger charge is -2.12. The molecule has 0 spiro atoms. The largest absolute Gasteiger partial charge is 0.493 e. The summed E-state index contributed by atoms with van der Waals surface area (Å²) in [6.45, 7) is 1.63. The molecule has 0 fully saturated rings. The van der Waals surface area contributed by atoms with E-state index in [0.717, 1.165) is 11.3 Å². The van der Waals surface area contributed by atoms with Gasteiger partial charge in [0.2, 0.25) is 0 Å². The maximum atomic E-state index is 12.6. The van der Waals surface area contributed by atoms with Crippen molar-refractivity contribution in [2.24, 2.45) is 0 Å². The quantitative estimate of drug-likeness (QED) is 0.823. The highest BCUT2D eigenvalue weighted by Crippen LogP contribution is 2.35. The summed E-state index contributed by atoms with van der Waals surface area (Å²) in [5.74, 6) is -0.348. The predicted molar refractivity (Wildman–Crippen MR) is 92.6 cm³/mol. The van der Waals surface area contributed by atoms with Crippen LogP contribution in [0.1, 0.15) is 31.2 Å². The van der Waals surface area contributed by atoms with Gasteiger partial charge in [0.25, 0.3) is 5.91 Å². The predicted octanol–water partition coefficient (Wildman–Crippen LogP) is 2.98. The van der Waals surface area contributed by atoms with Crippen LogP contribution in [0.15, 0.2) is 18.2 Å². The number of anilines is 1. The minimum atomic E-state index is -0.557. The first kappa shape index (κ1) is 18.3. The Bertz CT molecular complexity index is 867. The average molecular weight is 360 g/mol. The summed E-state index contributed by atoms with van der Waals surface area (Å²) in [7, 11) is 4.16. The van der Waals surface area contributed by atoms with Gasteiger partial charge in [-0.3, -0.25) is 4.79 Å². The van der Waals surface area contributed by atoms with Gasteiger partial charge in [-0.1, -0.05) is 6.07 Å². The van der Waals surface area contributed by atoms with Gasteiger partial charge in [-0.15, -0.1) is 11.3 Å². The van der Waals surface area contributed by atoms with E-state index in [9.17, 15) is 14.9 Å². The lowest BCUT2D eigenvalue weighted by Crippen LogP contribution is -2.13. The van der Waals surface area contributed by atoms with E-state index in [1.807, 2.05) is 6.07 Å². The molecule has 2 rings (SSSR count). The summed E-state index contributed by atoms with van der Waals surface area (Å²) in [6.07, 6.45) is 0. The number of hydrogen-bond acceptors (Lipinski definition) is 7. The number of esters is 1. The van der Waals surface area contributed by atoms with Gasteiger partial charge in [0.15, 0.2) is 11.5 Å². The summed E-state index contributed by atoms with van der Waals surface area (Å²) < 4.78 is 15.1. The van der Waals surface area contributed by atoms with Crippen molar-refractivity contribution in [1.29, 1.82) is 5.26 Å². The van der Waals surface area contributed by atoms with Crippen LogP contribution in [-0.2, 0) is 4.74 Å². The number of rotatable bonds is 5. The molecule has 0 aliphatic carbocycles. The van der Waals surface area contributed by atoms with Gasteiger partial charge in [0.05, 0.1) is 32.5 Å². The Morgan fingerprint density at radius 3 is 2.48 bits per heavy atom. The van der Waals surface area contributed by atoms with Crippen molar-refractivity contribution < 1.29 is 23.8 Å². The topological polar surface area (TPSA) is 97.7 Å². The Kier molecular flexibility index (Phi) is 5.62. The van der Waals surface area contributed by atoms with Gasteiger partial charge in [-0.25, -0.2) is 4.79 Å². The first-order valence-corrected chi connectivity index (χ1v) is 7.94. The number of benzene rings is 1. The van der Waals surface area contributed by atoms with Crippen LogP contribution in [0, 0.1) is 18.3 Å². The number of ether oxygens (including phenoxy) is 3. The maximum absolute atomic E-state index is 12.6. The van der Waals surface area contributed by atoms with Crippen LogP contribution in [0.25, 0.3) is 0 Å². The van der Waals surface area contributed by atoms with Crippen LogP contribution in [0.4, 0.5) is 5.00 Å². The fourth-order valence-electron chi connectivity index (χ4n) is 2.26. The van der Waals surface area contributed by atoms with Gasteiger partial charge in [0.1, 0.15) is 15.9 Å². The molecule has 1 aromatic heterocycles. The monoisotopic (exact) mass is 360 g/mol. The minimum absolute atomic E-state index is 0.223. The van der Waals surface area contributed by atoms with Gasteiger partial charge < -0.3 is 19.5 Å². The summed E-state index contributed by atoms with van der Waals surface area (Å²) in [5.41, 5.74) is 0.935. The highest BCUT2D eigenvalue weighted by atomic mass is 32.1. The molecular formula is C17H16N2O5S. The van der Waals surface area contributed by atoms with E-state index in [4.69, 9.17) is 14.2 Å². The van der Waals surface area contributed by atoms with Crippen molar-refractivity contribution in [2.45, 2.75) is 6.92 Å². The highest BCUT2D eigenvalue weighted by molar-refractivity contribution is 7.18. The fraction of sp³-hybridized carbons (Fsp3) is 0.235. The molecule has 0 radical (unpaired) electrons. The zero-order valence-corrected chi connectivity index (χ0v) is 14.9. The molecule has 1 aromatic carbocycles. The molecule has 1 heterocycles. The summed E-state index contributed by atoms with van der Waals surface area (Å²) >= 11 is 0.989. The third-order valence-electron chi connectivity index (χ3n) is 3.50. The van der Waals surface area contributed by atoms with Gasteiger partial charge in [0, 0.05) is 0 Å². The molecule has 0 saturated carbocycles. The van der Waals surface area contributed by atoms with Crippen LogP contribution < -0.4 is 14.8 Å². The third kappa shape index (κ3) is 3.41. The van der Waals surface area contributed by atoms with Crippen molar-refractivity contribution in [3.8, 4) is 17.6 Å². The number of amides is 1. The lowest BCUT2D eigenvalue weighted by atomic mass is 10.1. The smallest absolute Gasteiger partial charge is 0.348 e. The normalized spacial score (nSPS) is 9.88. The first-order chi connectivity index (χ1) is 12.0. The molecular weight excluding hydrogens is 344 g/mol. The molecule has 7 nitrogen and oxygen atoms in total. The van der Waals surface area contributed by atoms with Crippen LogP contribution in [0.2, 0.25) is 0 Å². The third-order valence-corrected chi connectivity index (χ3v) is 4.69. The summed E-state index contributed by atoms with van der Waals surface area (Å²) in [5, 5.41) is 12.3. The Labute approximate surface area is 148 Å². The van der Waals surface area contributed by atoms with Crippen molar-refractivity contribution >= 4 is 28.2 Å². The second-order valence-corrected chi connectivity index (χ2v) is 5.88. The van der Waals surface area contributed by atoms with Crippen LogP contribution in [0.3, 0.4) is 0 Å². The van der Waals surface area contributed by atoms with Crippen molar-refractivity contribution in [1.82, 2.24) is 0 Å². The number of hydrogen-bond donors (Lipinski definition) is 1. The van der Waals surface area contributed by atoms with Gasteiger partial charge in [-0.05, 0) is 24.6 Å². The molecule has 25 heavy (non-hydrogen) atoms. The van der Waals surface area contributed by atoms with E-state index >= 15 is 0 Å². The lowest BCUT2D eigenvalue weighted by molar-refractivity contribution is 0.0605. The zero-order valence-electron chi connectivity index (χ0n) is 14.1. The molecule has 2 aromatic rings. The van der Waals surface area contributed by atoms with Crippen LogP contribution in [0.5, 0.6) is 11.5 Å². The molecule has 0 aliphatic heterocycles. The number of carbonyl (C=O) groups excluding carboxylic acids is 2. The van der Waals surface area contributed by atoms with Gasteiger partial charge >= 0.3 is 5.97 Å². The first-order valence-electron chi connectivity index (χ1n) is 7.12. The number of nitrogens with one attached hydrogen (secondary N) is 1. The second kappa shape index (κ2) is 7.68. The molecule has 0 unspecified atom stereocenters. The number of para-hydroxylation sites is 1. The Hall–Kier alpha value is -3.05. The van der Waals surface area contributed by atoms with Crippen molar-refractivity contribution in [3.05, 3.63) is 39.8 Å². The summed E-state index contributed by atoms with van der Waals surface area (Å²) in [4.78, 5) is 24.7. The van der Waals surface area contributed by atoms with Crippen LogP contribution >= 0.6 is 11.3 Å². The van der Waals surface area contributed by atoms with E-state index in [1.54, 1.807) is 25.1 Å². The van der Waals surface area contributed by atoms with E-state index < -0.39 is 11.9 Å². The summed E-state index contributed by atoms with van der Waals surface area (Å²) in [6, 6.07) is 6.90. The van der Waals surface area contributed by atoms with Gasteiger partial charge in [-0.2, -0.15) is 5.26 Å². The number of thiophene rings is 1. The Balaban J connectivity index is 2.43. The SMILES string of the molecule is COC(=O)c1sc(NC(=O)c2cccc(OC)c2OC)c(C#N)c1C. The highest BCUT2D eigenvalue weighted by Gasteiger charge is 2.23. The molecule has 0 bridgehead atoms. The van der Waals surface area contributed by atoms with E-state index in [2.05, 4.69) is 5.32 Å². The van der Waals surface area contributed by atoms with E-state index in [-0.39, 0.29) is 26.8 Å². The second-order valence-electron chi connectivity index (χ2n) is 4.86. The number of nitrogens with zero attached hydrogens (tertiary/aromatic N) is 1. The Morgan fingerprint density at radius 1 is 1.20 bits per heavy atom. The van der Waals surface area contributed by atoms with Crippen molar-refractivity contribution in [2.75, 3.05) is 26.6 Å². The molecule has 0 atom stereocenters. The molecule has 8 heteroatoms. The van der Waals surface area contributed by atoms with E-state index in [1.165, 1.54) is 21.3 Å². The Morgan fingerprint density at radius 2 is 1.92 bits per heavy atom. The standard InChI is InChI=1S/C17H16N2O5S/c1-9-11(8-18)16(25-14(9)17(21)24-4)19-15(20)10-6-5-7-12(22-2)13(10)23-3/h5-7H,1-4H3,(H,19,20). The number of methoxy groups -OCH3 is 3. The molecule has 1 amide bonds. The number of carbonyl (C=O) groups is 2. The van der Waals surface area contributed by atoms with E-state index in [0.29, 0.717) is 11.3 Å². The molecule has 0 saturated heterocycles.